The van der Waals surface area contributed by atoms with Gasteiger partial charge in [0.25, 0.3) is 0 Å². The van der Waals surface area contributed by atoms with Crippen molar-refractivity contribution >= 4 is 40.6 Å². The highest BCUT2D eigenvalue weighted by molar-refractivity contribution is 6.21. The van der Waals surface area contributed by atoms with E-state index < -0.39 is 5.41 Å². The second-order valence-electron chi connectivity index (χ2n) is 12.4. The van der Waals surface area contributed by atoms with Crippen LogP contribution in [0.2, 0.25) is 0 Å². The lowest BCUT2D eigenvalue weighted by molar-refractivity contribution is 0.511. The normalized spacial score (nSPS) is 18.2. The van der Waals surface area contributed by atoms with Crippen LogP contribution >= 0.6 is 0 Å². The highest BCUT2D eigenvalue weighted by Crippen LogP contribution is 2.49. The first-order chi connectivity index (χ1) is 20.2. The number of fused-ring (bicyclic) bond motifs is 2. The van der Waals surface area contributed by atoms with E-state index in [1.807, 2.05) is 66.7 Å². The number of hydrogen-bond acceptors (Lipinski definition) is 3. The number of anilines is 2. The Morgan fingerprint density at radius 1 is 0.667 bits per heavy atom. The smallest absolute Gasteiger partial charge is 0.215 e. The summed E-state index contributed by atoms with van der Waals surface area (Å²) in [5, 5.41) is 0.519. The van der Waals surface area contributed by atoms with Crippen LogP contribution in [0, 0.1) is 0 Å². The average molecular weight is 550 g/mol. The highest BCUT2D eigenvalue weighted by atomic mass is 16.1. The van der Waals surface area contributed by atoms with Crippen molar-refractivity contribution in [2.45, 2.75) is 44.6 Å². The van der Waals surface area contributed by atoms with Crippen molar-refractivity contribution in [3.63, 3.8) is 0 Å². The van der Waals surface area contributed by atoms with Gasteiger partial charge in [0.15, 0.2) is 5.71 Å². The number of hydrogen-bond donors (Lipinski definition) is 0. The lowest BCUT2D eigenvalue weighted by Crippen LogP contribution is -2.66. The molecule has 5 aromatic carbocycles. The first kappa shape index (κ1) is 26.1. The molecule has 0 amide bonds. The molecule has 0 saturated heterocycles. The minimum atomic E-state index is -0.390. The maximum atomic E-state index is 13.8. The van der Waals surface area contributed by atoms with Crippen LogP contribution < -0.4 is 30.8 Å². The molecular formula is C38H33N2O2+. The molecule has 4 heteroatoms. The minimum absolute atomic E-state index is 0.188. The zero-order chi connectivity index (χ0) is 29.2. The van der Waals surface area contributed by atoms with Gasteiger partial charge < -0.3 is 4.90 Å². The monoisotopic (exact) mass is 549 g/mol. The molecule has 2 heterocycles. The van der Waals surface area contributed by atoms with Gasteiger partial charge in [0.1, 0.15) is 0 Å². The Kier molecular flexibility index (Phi) is 5.81. The topological polar surface area (TPSA) is 40.4 Å². The molecule has 0 bridgehead atoms. The third-order valence-corrected chi connectivity index (χ3v) is 9.21. The number of benzene rings is 4. The van der Waals surface area contributed by atoms with Gasteiger partial charge in [-0.05, 0) is 43.7 Å². The second kappa shape index (κ2) is 9.35. The zero-order valence-electron chi connectivity index (χ0n) is 24.3. The Morgan fingerprint density at radius 2 is 1.24 bits per heavy atom. The lowest BCUT2D eigenvalue weighted by atomic mass is 9.79. The zero-order valence-corrected chi connectivity index (χ0v) is 24.3. The van der Waals surface area contributed by atoms with E-state index in [1.54, 1.807) is 0 Å². The molecule has 5 aromatic rings. The number of para-hydroxylation sites is 4. The Balaban J connectivity index is 1.41. The van der Waals surface area contributed by atoms with Crippen molar-refractivity contribution < 1.29 is 0 Å². The molecule has 7 rings (SSSR count). The van der Waals surface area contributed by atoms with Gasteiger partial charge in [-0.25, -0.2) is 0 Å². The minimum Gasteiger partial charge on any atom is -0.333 e. The van der Waals surface area contributed by atoms with Gasteiger partial charge in [0.05, 0.1) is 21.9 Å². The number of nitrogens with zero attached hydrogens (tertiary/aromatic N) is 2. The summed E-state index contributed by atoms with van der Waals surface area (Å²) < 4.78 is 2.18. The van der Waals surface area contributed by atoms with Crippen LogP contribution in [0.3, 0.4) is 0 Å². The molecule has 42 heavy (non-hydrogen) atoms. The first-order valence-electron chi connectivity index (χ1n) is 14.5. The Labute approximate surface area is 245 Å². The second-order valence-corrected chi connectivity index (χ2v) is 12.4. The summed E-state index contributed by atoms with van der Waals surface area (Å²) in [6.45, 7) is 8.68. The molecule has 0 aliphatic carbocycles. The van der Waals surface area contributed by atoms with E-state index in [2.05, 4.69) is 91.8 Å². The van der Waals surface area contributed by atoms with E-state index >= 15 is 0 Å². The van der Waals surface area contributed by atoms with Crippen molar-refractivity contribution in [2.75, 3.05) is 4.90 Å². The van der Waals surface area contributed by atoms with E-state index in [0.717, 1.165) is 28.5 Å². The summed E-state index contributed by atoms with van der Waals surface area (Å²) in [5.41, 5.74) is 6.42. The van der Waals surface area contributed by atoms with Gasteiger partial charge in [-0.15, -0.1) is 0 Å². The predicted octanol–water partition coefficient (Wildman–Crippen LogP) is 5.61. The van der Waals surface area contributed by atoms with E-state index in [4.69, 9.17) is 0 Å². The van der Waals surface area contributed by atoms with Crippen molar-refractivity contribution in [1.82, 2.24) is 4.58 Å². The van der Waals surface area contributed by atoms with E-state index in [-0.39, 0.29) is 32.8 Å². The van der Waals surface area contributed by atoms with Crippen LogP contribution in [0.4, 0.5) is 22.7 Å². The van der Waals surface area contributed by atoms with E-state index in [0.29, 0.717) is 0 Å². The van der Waals surface area contributed by atoms with E-state index in [1.165, 1.54) is 11.1 Å². The van der Waals surface area contributed by atoms with Crippen LogP contribution in [0.15, 0.2) is 119 Å². The predicted molar refractivity (Wildman–Crippen MR) is 174 cm³/mol. The Bertz CT molecular complexity index is 2050. The van der Waals surface area contributed by atoms with Crippen LogP contribution in [-0.2, 0) is 10.8 Å². The molecule has 0 saturated carbocycles. The third kappa shape index (κ3) is 3.71. The Hall–Kier alpha value is -4.83. The standard InChI is InChI=1S/C38H33N2O2/c1-37(2)29-19-11-13-21-31(29)39(25-15-7-5-8-16-25)33(37)23-27-35(41)28(36(27)42)24-34-38(3,4)30-20-12-14-22-32(30)40(34)26-17-9-6-10-18-26/h5-24,33H,1-4H3/q+1. The van der Waals surface area contributed by atoms with E-state index in [9.17, 15) is 9.59 Å². The summed E-state index contributed by atoms with van der Waals surface area (Å²) in [5.74, 6) is 0. The van der Waals surface area contributed by atoms with Gasteiger partial charge >= 0.3 is 0 Å². The first-order valence-corrected chi connectivity index (χ1v) is 14.5. The molecule has 0 spiro atoms. The van der Waals surface area contributed by atoms with Crippen molar-refractivity contribution in [2.24, 2.45) is 0 Å². The van der Waals surface area contributed by atoms with Gasteiger partial charge in [-0.3, -0.25) is 9.59 Å². The molecule has 1 atom stereocenters. The van der Waals surface area contributed by atoms with Gasteiger partial charge in [-0.1, -0.05) is 86.6 Å². The fraction of sp³-hybridized carbons (Fsp3) is 0.184. The molecule has 206 valence electrons. The molecular weight excluding hydrogens is 516 g/mol. The molecule has 0 aromatic heterocycles. The molecule has 2 aliphatic rings. The lowest BCUT2D eigenvalue weighted by Gasteiger charge is -2.32. The van der Waals surface area contributed by atoms with Crippen molar-refractivity contribution in [1.29, 1.82) is 0 Å². The molecule has 0 radical (unpaired) electrons. The fourth-order valence-electron chi connectivity index (χ4n) is 6.89. The molecule has 4 nitrogen and oxygen atoms in total. The average Bonchev–Trinajstić information content (AvgIpc) is 3.38. The summed E-state index contributed by atoms with van der Waals surface area (Å²) in [6.07, 6.45) is 3.74. The summed E-state index contributed by atoms with van der Waals surface area (Å²) in [4.78, 5) is 29.8. The molecule has 0 fully saturated rings. The maximum Gasteiger partial charge on any atom is 0.215 e. The molecule has 2 aliphatic heterocycles. The van der Waals surface area contributed by atoms with Gasteiger partial charge in [0.2, 0.25) is 22.2 Å². The van der Waals surface area contributed by atoms with Crippen molar-refractivity contribution in [3.8, 4) is 0 Å². The SMILES string of the molecule is CC1(C)C(C=c2c(=O)c(=CC3N(c4ccccc4)c4ccccc4C3(C)C)c2=O)=[N+](c2ccccc2)c2ccccc21. The van der Waals surface area contributed by atoms with Gasteiger partial charge in [-0.2, -0.15) is 4.58 Å². The largest absolute Gasteiger partial charge is 0.333 e. The van der Waals surface area contributed by atoms with Crippen LogP contribution in [0.1, 0.15) is 38.8 Å². The van der Waals surface area contributed by atoms with Crippen LogP contribution in [-0.4, -0.2) is 11.8 Å². The quantitative estimate of drug-likeness (QED) is 0.274. The molecule has 1 unspecified atom stereocenters. The third-order valence-electron chi connectivity index (χ3n) is 9.21. The Morgan fingerprint density at radius 3 is 1.93 bits per heavy atom. The van der Waals surface area contributed by atoms with Crippen molar-refractivity contribution in [3.05, 3.63) is 151 Å². The maximum absolute atomic E-state index is 13.8. The van der Waals surface area contributed by atoms with Crippen LogP contribution in [0.25, 0.3) is 12.2 Å². The molecule has 0 N–H and O–H groups in total. The fourth-order valence-corrected chi connectivity index (χ4v) is 6.89. The number of rotatable bonds is 4. The summed E-state index contributed by atoms with van der Waals surface area (Å²) in [7, 11) is 0. The van der Waals surface area contributed by atoms with Crippen LogP contribution in [0.5, 0.6) is 0 Å². The summed E-state index contributed by atoms with van der Waals surface area (Å²) in [6, 6.07) is 36.8. The highest BCUT2D eigenvalue weighted by Gasteiger charge is 2.46. The van der Waals surface area contributed by atoms with Gasteiger partial charge in [0, 0.05) is 46.6 Å². The summed E-state index contributed by atoms with van der Waals surface area (Å²) >= 11 is 0.